The average Bonchev–Trinajstić information content (AvgIpc) is 3.53. The zero-order valence-electron chi connectivity index (χ0n) is 20.2. The smallest absolute Gasteiger partial charge is 0.290 e. The number of aromatic nitrogens is 1. The van der Waals surface area contributed by atoms with Crippen molar-refractivity contribution in [2.45, 2.75) is 46.7 Å². The summed E-state index contributed by atoms with van der Waals surface area (Å²) in [5.74, 6) is -0.0156. The van der Waals surface area contributed by atoms with Crippen LogP contribution in [-0.4, -0.2) is 39.9 Å². The Morgan fingerprint density at radius 3 is 2.63 bits per heavy atom. The van der Waals surface area contributed by atoms with Gasteiger partial charge in [-0.1, -0.05) is 13.0 Å². The lowest BCUT2D eigenvalue weighted by molar-refractivity contribution is -0.130. The first-order valence-corrected chi connectivity index (χ1v) is 12.3. The maximum Gasteiger partial charge on any atom is 0.290 e. The van der Waals surface area contributed by atoms with Gasteiger partial charge in [0.25, 0.3) is 5.91 Å². The highest BCUT2D eigenvalue weighted by molar-refractivity contribution is 7.14. The molecule has 0 radical (unpaired) electrons. The number of furan rings is 1. The second kappa shape index (κ2) is 10.4. The minimum atomic E-state index is -0.846. The number of aliphatic hydroxyl groups excluding tert-OH is 1. The molecule has 0 saturated heterocycles. The fourth-order valence-electron chi connectivity index (χ4n) is 4.12. The SMILES string of the molecule is CCCOc1ccc(C2C(C(=O)c3sc(C)nc3C)=C(O)C(=O)N2Cc2ccco2)cc1OCC. The third kappa shape index (κ3) is 4.81. The lowest BCUT2D eigenvalue weighted by Gasteiger charge is -2.26. The highest BCUT2D eigenvalue weighted by Gasteiger charge is 2.45. The van der Waals surface area contributed by atoms with Gasteiger partial charge in [0.1, 0.15) is 5.76 Å². The molecule has 3 heterocycles. The van der Waals surface area contributed by atoms with Gasteiger partial charge in [-0.2, -0.15) is 0 Å². The van der Waals surface area contributed by atoms with Crippen molar-refractivity contribution in [2.75, 3.05) is 13.2 Å². The van der Waals surface area contributed by atoms with Crippen LogP contribution < -0.4 is 9.47 Å². The molecule has 184 valence electrons. The van der Waals surface area contributed by atoms with E-state index in [1.54, 1.807) is 37.3 Å². The quantitative estimate of drug-likeness (QED) is 0.379. The minimum Gasteiger partial charge on any atom is -0.503 e. The molecule has 0 saturated carbocycles. The number of ether oxygens (including phenoxy) is 2. The van der Waals surface area contributed by atoms with E-state index in [1.807, 2.05) is 20.8 Å². The average molecular weight is 497 g/mol. The molecule has 35 heavy (non-hydrogen) atoms. The molecule has 1 aliphatic heterocycles. The highest BCUT2D eigenvalue weighted by Crippen LogP contribution is 2.43. The minimum absolute atomic E-state index is 0.0120. The standard InChI is InChI=1S/C26H28N2O6S/c1-5-11-34-19-10-9-17(13-20(19)32-6-2)22-21(23(29)25-15(3)27-16(4)35-25)24(30)26(31)28(22)14-18-8-7-12-33-18/h7-10,12-13,22,30H,5-6,11,14H2,1-4H3. The summed E-state index contributed by atoms with van der Waals surface area (Å²) in [7, 11) is 0. The largest absolute Gasteiger partial charge is 0.503 e. The maximum atomic E-state index is 13.7. The van der Waals surface area contributed by atoms with Gasteiger partial charge < -0.3 is 23.9 Å². The Morgan fingerprint density at radius 1 is 1.20 bits per heavy atom. The van der Waals surface area contributed by atoms with Crippen LogP contribution in [0.15, 0.2) is 52.3 Å². The molecule has 0 fully saturated rings. The van der Waals surface area contributed by atoms with Crippen LogP contribution in [-0.2, 0) is 11.3 Å². The van der Waals surface area contributed by atoms with E-state index in [2.05, 4.69) is 4.98 Å². The van der Waals surface area contributed by atoms with Gasteiger partial charge in [-0.15, -0.1) is 11.3 Å². The topological polar surface area (TPSA) is 102 Å². The van der Waals surface area contributed by atoms with Crippen molar-refractivity contribution in [1.29, 1.82) is 0 Å². The number of Topliss-reactive ketones (excluding diaryl/α,β-unsaturated/α-hetero) is 1. The third-order valence-electron chi connectivity index (χ3n) is 5.61. The molecule has 1 amide bonds. The summed E-state index contributed by atoms with van der Waals surface area (Å²) in [5, 5.41) is 11.7. The lowest BCUT2D eigenvalue weighted by Crippen LogP contribution is -2.30. The van der Waals surface area contributed by atoms with Gasteiger partial charge in [-0.3, -0.25) is 9.59 Å². The van der Waals surface area contributed by atoms with E-state index in [4.69, 9.17) is 13.9 Å². The van der Waals surface area contributed by atoms with Gasteiger partial charge in [0.15, 0.2) is 17.3 Å². The van der Waals surface area contributed by atoms with Crippen molar-refractivity contribution in [3.8, 4) is 11.5 Å². The third-order valence-corrected chi connectivity index (χ3v) is 6.68. The van der Waals surface area contributed by atoms with E-state index in [9.17, 15) is 14.7 Å². The molecular weight excluding hydrogens is 468 g/mol. The predicted molar refractivity (Wildman–Crippen MR) is 131 cm³/mol. The number of amides is 1. The summed E-state index contributed by atoms with van der Waals surface area (Å²) < 4.78 is 17.1. The van der Waals surface area contributed by atoms with Gasteiger partial charge in [0, 0.05) is 0 Å². The molecule has 1 atom stereocenters. The second-order valence-electron chi connectivity index (χ2n) is 8.14. The van der Waals surface area contributed by atoms with Crippen LogP contribution in [0.2, 0.25) is 0 Å². The fraction of sp³-hybridized carbons (Fsp3) is 0.346. The number of ketones is 1. The van der Waals surface area contributed by atoms with E-state index in [-0.39, 0.29) is 12.1 Å². The molecule has 8 nitrogen and oxygen atoms in total. The Morgan fingerprint density at radius 2 is 2.00 bits per heavy atom. The number of rotatable bonds is 10. The molecule has 3 aromatic rings. The highest BCUT2D eigenvalue weighted by atomic mass is 32.1. The van der Waals surface area contributed by atoms with Crippen molar-refractivity contribution in [1.82, 2.24) is 9.88 Å². The number of hydrogen-bond acceptors (Lipinski definition) is 8. The van der Waals surface area contributed by atoms with Crippen molar-refractivity contribution < 1.29 is 28.6 Å². The molecule has 1 unspecified atom stereocenters. The van der Waals surface area contributed by atoms with Crippen LogP contribution in [0.4, 0.5) is 0 Å². The van der Waals surface area contributed by atoms with Gasteiger partial charge in [-0.25, -0.2) is 4.98 Å². The summed E-state index contributed by atoms with van der Waals surface area (Å²) in [5.41, 5.74) is 1.19. The number of carbonyl (C=O) groups is 2. The Hall–Kier alpha value is -3.59. The van der Waals surface area contributed by atoms with Crippen molar-refractivity contribution in [3.63, 3.8) is 0 Å². The number of hydrogen-bond donors (Lipinski definition) is 1. The zero-order valence-corrected chi connectivity index (χ0v) is 21.0. The Labute approximate surface area is 207 Å². The van der Waals surface area contributed by atoms with E-state index >= 15 is 0 Å². The molecule has 2 aromatic heterocycles. The summed E-state index contributed by atoms with van der Waals surface area (Å²) in [4.78, 5) is 33.1. The molecule has 9 heteroatoms. The number of carbonyl (C=O) groups excluding carboxylic acids is 2. The molecule has 0 bridgehead atoms. The lowest BCUT2D eigenvalue weighted by atomic mass is 9.94. The van der Waals surface area contributed by atoms with Crippen molar-refractivity contribution in [2.24, 2.45) is 0 Å². The summed E-state index contributed by atoms with van der Waals surface area (Å²) in [6.45, 7) is 8.46. The first kappa shape index (κ1) is 24.5. The van der Waals surface area contributed by atoms with E-state index < -0.39 is 23.5 Å². The van der Waals surface area contributed by atoms with Gasteiger partial charge >= 0.3 is 0 Å². The Kier molecular flexibility index (Phi) is 7.25. The number of aryl methyl sites for hydroxylation is 2. The summed E-state index contributed by atoms with van der Waals surface area (Å²) in [6, 6.07) is 7.94. The monoisotopic (exact) mass is 496 g/mol. The van der Waals surface area contributed by atoms with Crippen LogP contribution >= 0.6 is 11.3 Å². The number of nitrogens with zero attached hydrogens (tertiary/aromatic N) is 2. The molecule has 0 spiro atoms. The number of aliphatic hydroxyl groups is 1. The van der Waals surface area contributed by atoms with Crippen molar-refractivity contribution >= 4 is 23.0 Å². The van der Waals surface area contributed by atoms with Crippen LogP contribution in [0.5, 0.6) is 11.5 Å². The molecular formula is C26H28N2O6S. The predicted octanol–water partition coefficient (Wildman–Crippen LogP) is 5.32. The van der Waals surface area contributed by atoms with Crippen LogP contribution in [0.1, 0.15) is 58.0 Å². The number of benzene rings is 1. The maximum absolute atomic E-state index is 13.7. The van der Waals surface area contributed by atoms with Crippen LogP contribution in [0, 0.1) is 13.8 Å². The molecule has 1 aliphatic rings. The Balaban J connectivity index is 1.82. The normalized spacial score (nSPS) is 15.7. The van der Waals surface area contributed by atoms with E-state index in [0.717, 1.165) is 11.4 Å². The van der Waals surface area contributed by atoms with Crippen molar-refractivity contribution in [3.05, 3.63) is 74.8 Å². The first-order valence-electron chi connectivity index (χ1n) is 11.5. The fourth-order valence-corrected chi connectivity index (χ4v) is 5.00. The van der Waals surface area contributed by atoms with Gasteiger partial charge in [0.05, 0.1) is 53.2 Å². The second-order valence-corrected chi connectivity index (χ2v) is 9.34. The number of thiazole rings is 1. The van der Waals surface area contributed by atoms with Crippen LogP contribution in [0.3, 0.4) is 0 Å². The molecule has 4 rings (SSSR count). The molecule has 1 N–H and O–H groups in total. The van der Waals surface area contributed by atoms with Crippen LogP contribution in [0.25, 0.3) is 0 Å². The summed E-state index contributed by atoms with van der Waals surface area (Å²) >= 11 is 1.24. The zero-order chi connectivity index (χ0) is 25.1. The Bertz CT molecular complexity index is 1260. The first-order chi connectivity index (χ1) is 16.8. The van der Waals surface area contributed by atoms with E-state index in [1.165, 1.54) is 22.5 Å². The molecule has 0 aliphatic carbocycles. The summed E-state index contributed by atoms with van der Waals surface area (Å²) in [6.07, 6.45) is 2.35. The van der Waals surface area contributed by atoms with Gasteiger partial charge in [0.2, 0.25) is 5.78 Å². The van der Waals surface area contributed by atoms with E-state index in [0.29, 0.717) is 46.6 Å². The van der Waals surface area contributed by atoms with Gasteiger partial charge in [-0.05, 0) is 57.0 Å². The molecule has 1 aromatic carbocycles.